The van der Waals surface area contributed by atoms with Crippen LogP contribution >= 0.6 is 15.9 Å². The minimum atomic E-state index is -0.295. The van der Waals surface area contributed by atoms with Crippen LogP contribution in [0.4, 0.5) is 5.69 Å². The number of nitrogens with two attached hydrogens (primary N) is 1. The number of halogens is 1. The SMILES string of the molecule is Cc1ccc(N)cc1Oc1nc[nH]c(=O)c1Br. The molecule has 2 aromatic rings. The van der Waals surface area contributed by atoms with Crippen LogP contribution in [0, 0.1) is 6.92 Å². The van der Waals surface area contributed by atoms with E-state index >= 15 is 0 Å². The lowest BCUT2D eigenvalue weighted by Gasteiger charge is -2.09. The largest absolute Gasteiger partial charge is 0.437 e. The van der Waals surface area contributed by atoms with Crippen molar-refractivity contribution in [2.45, 2.75) is 6.92 Å². The third-order valence-electron chi connectivity index (χ3n) is 2.18. The summed E-state index contributed by atoms with van der Waals surface area (Å²) in [4.78, 5) is 17.7. The lowest BCUT2D eigenvalue weighted by molar-refractivity contribution is 0.454. The summed E-state index contributed by atoms with van der Waals surface area (Å²) in [6, 6.07) is 5.30. The Morgan fingerprint density at radius 3 is 3.00 bits per heavy atom. The fourth-order valence-corrected chi connectivity index (χ4v) is 1.57. The molecule has 3 N–H and O–H groups in total. The summed E-state index contributed by atoms with van der Waals surface area (Å²) < 4.78 is 5.80. The minimum Gasteiger partial charge on any atom is -0.437 e. The summed E-state index contributed by atoms with van der Waals surface area (Å²) in [5.74, 6) is 0.784. The van der Waals surface area contributed by atoms with E-state index in [1.54, 1.807) is 12.1 Å². The molecule has 0 saturated heterocycles. The highest BCUT2D eigenvalue weighted by molar-refractivity contribution is 9.10. The smallest absolute Gasteiger partial charge is 0.268 e. The van der Waals surface area contributed by atoms with Gasteiger partial charge in [-0.1, -0.05) is 6.07 Å². The van der Waals surface area contributed by atoms with Crippen molar-refractivity contribution < 1.29 is 4.74 Å². The molecule has 88 valence electrons. The Bertz CT molecular complexity index is 610. The highest BCUT2D eigenvalue weighted by Crippen LogP contribution is 2.28. The molecule has 0 amide bonds. The molecule has 6 heteroatoms. The van der Waals surface area contributed by atoms with Crippen molar-refractivity contribution >= 4 is 21.6 Å². The number of rotatable bonds is 2. The molecule has 0 aliphatic rings. The molecule has 1 heterocycles. The number of anilines is 1. The quantitative estimate of drug-likeness (QED) is 0.833. The molecule has 0 radical (unpaired) electrons. The summed E-state index contributed by atoms with van der Waals surface area (Å²) in [6.07, 6.45) is 1.28. The molecule has 0 saturated carbocycles. The molecule has 0 bridgehead atoms. The number of aromatic amines is 1. The van der Waals surface area contributed by atoms with E-state index in [4.69, 9.17) is 10.5 Å². The zero-order chi connectivity index (χ0) is 12.4. The highest BCUT2D eigenvalue weighted by atomic mass is 79.9. The van der Waals surface area contributed by atoms with Crippen molar-refractivity contribution in [1.82, 2.24) is 9.97 Å². The summed E-state index contributed by atoms with van der Waals surface area (Å²) in [5.41, 5.74) is 6.87. The molecule has 0 atom stereocenters. The molecule has 5 nitrogen and oxygen atoms in total. The second-order valence-electron chi connectivity index (χ2n) is 3.48. The van der Waals surface area contributed by atoms with Gasteiger partial charge in [-0.25, -0.2) is 4.98 Å². The van der Waals surface area contributed by atoms with Crippen LogP contribution in [0.25, 0.3) is 0 Å². The van der Waals surface area contributed by atoms with E-state index in [1.807, 2.05) is 13.0 Å². The van der Waals surface area contributed by atoms with Crippen LogP contribution in [0.3, 0.4) is 0 Å². The van der Waals surface area contributed by atoms with Gasteiger partial charge in [-0.3, -0.25) is 4.79 Å². The summed E-state index contributed by atoms with van der Waals surface area (Å²) >= 11 is 3.12. The Kier molecular flexibility index (Phi) is 3.14. The predicted molar refractivity (Wildman–Crippen MR) is 68.2 cm³/mol. The van der Waals surface area contributed by atoms with Crippen molar-refractivity contribution in [1.29, 1.82) is 0 Å². The Labute approximate surface area is 106 Å². The van der Waals surface area contributed by atoms with Crippen LogP contribution in [0.15, 0.2) is 33.8 Å². The first-order valence-electron chi connectivity index (χ1n) is 4.85. The molecule has 1 aromatic carbocycles. The summed E-state index contributed by atoms with van der Waals surface area (Å²) in [5, 5.41) is 0. The van der Waals surface area contributed by atoms with Gasteiger partial charge in [-0.15, -0.1) is 0 Å². The lowest BCUT2D eigenvalue weighted by atomic mass is 10.2. The van der Waals surface area contributed by atoms with Crippen molar-refractivity contribution in [3.8, 4) is 11.6 Å². The maximum atomic E-state index is 11.3. The van der Waals surface area contributed by atoms with E-state index in [1.165, 1.54) is 6.33 Å². The van der Waals surface area contributed by atoms with Crippen LogP contribution < -0.4 is 16.0 Å². The maximum Gasteiger partial charge on any atom is 0.268 e. The topological polar surface area (TPSA) is 81.0 Å². The first kappa shape index (κ1) is 11.7. The molecule has 17 heavy (non-hydrogen) atoms. The molecule has 0 spiro atoms. The monoisotopic (exact) mass is 295 g/mol. The van der Waals surface area contributed by atoms with Crippen LogP contribution in [-0.2, 0) is 0 Å². The minimum absolute atomic E-state index is 0.211. The highest BCUT2D eigenvalue weighted by Gasteiger charge is 2.09. The normalized spacial score (nSPS) is 10.2. The Hall–Kier alpha value is -1.82. The maximum absolute atomic E-state index is 11.3. The van der Waals surface area contributed by atoms with Gasteiger partial charge >= 0.3 is 0 Å². The first-order chi connectivity index (χ1) is 8.08. The predicted octanol–water partition coefficient (Wildman–Crippen LogP) is 2.22. The molecule has 0 aliphatic heterocycles. The van der Waals surface area contributed by atoms with Gasteiger partial charge < -0.3 is 15.5 Å². The molecule has 0 aliphatic carbocycles. The number of hydrogen-bond acceptors (Lipinski definition) is 4. The van der Waals surface area contributed by atoms with Crippen molar-refractivity contribution in [3.63, 3.8) is 0 Å². The lowest BCUT2D eigenvalue weighted by Crippen LogP contribution is -2.08. The zero-order valence-corrected chi connectivity index (χ0v) is 10.6. The van der Waals surface area contributed by atoms with Crippen molar-refractivity contribution in [3.05, 3.63) is 44.9 Å². The standard InChI is InChI=1S/C11H10BrN3O2/c1-6-2-3-7(13)4-8(6)17-11-9(12)10(16)14-5-15-11/h2-5H,13H2,1H3,(H,14,15,16). The Balaban J connectivity index is 2.41. The fraction of sp³-hybridized carbons (Fsp3) is 0.0909. The van der Waals surface area contributed by atoms with E-state index in [-0.39, 0.29) is 15.9 Å². The number of aryl methyl sites for hydroxylation is 1. The Morgan fingerprint density at radius 2 is 2.24 bits per heavy atom. The number of ether oxygens (including phenoxy) is 1. The van der Waals surface area contributed by atoms with Crippen LogP contribution in [0.1, 0.15) is 5.56 Å². The first-order valence-corrected chi connectivity index (χ1v) is 5.64. The van der Waals surface area contributed by atoms with Gasteiger partial charge in [0.25, 0.3) is 5.56 Å². The molecule has 0 unspecified atom stereocenters. The fourth-order valence-electron chi connectivity index (χ4n) is 1.27. The van der Waals surface area contributed by atoms with E-state index in [0.717, 1.165) is 5.56 Å². The molecule has 2 rings (SSSR count). The number of benzene rings is 1. The third-order valence-corrected chi connectivity index (χ3v) is 2.88. The summed E-state index contributed by atoms with van der Waals surface area (Å²) in [7, 11) is 0. The van der Waals surface area contributed by atoms with Gasteiger partial charge in [0.2, 0.25) is 5.88 Å². The van der Waals surface area contributed by atoms with Gasteiger partial charge in [0.15, 0.2) is 0 Å². The summed E-state index contributed by atoms with van der Waals surface area (Å²) in [6.45, 7) is 1.88. The number of hydrogen-bond donors (Lipinski definition) is 2. The van der Waals surface area contributed by atoms with E-state index in [0.29, 0.717) is 11.4 Å². The van der Waals surface area contributed by atoms with Gasteiger partial charge in [0, 0.05) is 11.8 Å². The van der Waals surface area contributed by atoms with Crippen molar-refractivity contribution in [2.75, 3.05) is 5.73 Å². The van der Waals surface area contributed by atoms with Gasteiger partial charge in [-0.2, -0.15) is 0 Å². The van der Waals surface area contributed by atoms with E-state index in [9.17, 15) is 4.79 Å². The zero-order valence-electron chi connectivity index (χ0n) is 9.03. The van der Waals surface area contributed by atoms with Gasteiger partial charge in [0.1, 0.15) is 10.2 Å². The second kappa shape index (κ2) is 4.58. The molecule has 0 fully saturated rings. The third kappa shape index (κ3) is 2.47. The molecule has 1 aromatic heterocycles. The van der Waals surface area contributed by atoms with Gasteiger partial charge in [-0.05, 0) is 34.5 Å². The van der Waals surface area contributed by atoms with E-state index < -0.39 is 0 Å². The van der Waals surface area contributed by atoms with Gasteiger partial charge in [0.05, 0.1) is 6.33 Å². The van der Waals surface area contributed by atoms with Crippen molar-refractivity contribution in [2.24, 2.45) is 0 Å². The molecular formula is C11H10BrN3O2. The average molecular weight is 296 g/mol. The number of H-pyrrole nitrogens is 1. The number of nitrogen functional groups attached to an aromatic ring is 1. The number of aromatic nitrogens is 2. The van der Waals surface area contributed by atoms with Crippen LogP contribution in [0.2, 0.25) is 0 Å². The second-order valence-corrected chi connectivity index (χ2v) is 4.27. The average Bonchev–Trinajstić information content (AvgIpc) is 2.30. The van der Waals surface area contributed by atoms with E-state index in [2.05, 4.69) is 25.9 Å². The number of nitrogens with one attached hydrogen (secondary N) is 1. The van der Waals surface area contributed by atoms with Crippen LogP contribution in [0.5, 0.6) is 11.6 Å². The number of nitrogens with zero attached hydrogens (tertiary/aromatic N) is 1. The van der Waals surface area contributed by atoms with Crippen LogP contribution in [-0.4, -0.2) is 9.97 Å². The Morgan fingerprint density at radius 1 is 1.47 bits per heavy atom. The molecular weight excluding hydrogens is 286 g/mol.